The fourth-order valence-corrected chi connectivity index (χ4v) is 5.84. The second-order valence-electron chi connectivity index (χ2n) is 13.2. The zero-order valence-corrected chi connectivity index (χ0v) is 31.8. The molecule has 0 aliphatic rings. The van der Waals surface area contributed by atoms with Crippen molar-refractivity contribution in [3.05, 3.63) is 24.3 Å². The lowest BCUT2D eigenvalue weighted by Crippen LogP contribution is -2.29. The first-order valence-corrected chi connectivity index (χ1v) is 21.2. The molecule has 0 saturated heterocycles. The van der Waals surface area contributed by atoms with Gasteiger partial charge in [0.2, 0.25) is 0 Å². The average Bonchev–Trinajstić information content (AvgIpc) is 3.05. The van der Waals surface area contributed by atoms with Gasteiger partial charge in [-0.1, -0.05) is 141 Å². The molecule has 8 nitrogen and oxygen atoms in total. The molecule has 0 spiro atoms. The Hall–Kier alpha value is -1.47. The Morgan fingerprint density at radius 2 is 0.875 bits per heavy atom. The van der Waals surface area contributed by atoms with Crippen molar-refractivity contribution in [3.63, 3.8) is 0 Å². The molecule has 0 aromatic rings. The number of rotatable bonds is 36. The number of carbonyl (C=O) groups excluding carboxylic acids is 2. The maximum atomic E-state index is 12.3. The number of phosphoric ester groups is 1. The molecule has 0 radical (unpaired) electrons. The molecular formula is C39H73O8P. The average molecular weight is 701 g/mol. The number of ether oxygens (including phenoxy) is 2. The minimum absolute atomic E-state index is 0.192. The van der Waals surface area contributed by atoms with E-state index in [0.717, 1.165) is 57.8 Å². The van der Waals surface area contributed by atoms with Crippen LogP contribution in [0.4, 0.5) is 0 Å². The molecule has 0 rings (SSSR count). The van der Waals surface area contributed by atoms with Crippen LogP contribution in [0.3, 0.4) is 0 Å². The molecule has 0 fully saturated rings. The molecule has 0 saturated carbocycles. The molecule has 0 heterocycles. The van der Waals surface area contributed by atoms with Gasteiger partial charge < -0.3 is 19.3 Å². The second-order valence-corrected chi connectivity index (χ2v) is 14.5. The van der Waals surface area contributed by atoms with Gasteiger partial charge in [-0.3, -0.25) is 14.1 Å². The van der Waals surface area contributed by atoms with Crippen molar-refractivity contribution in [1.82, 2.24) is 0 Å². The summed E-state index contributed by atoms with van der Waals surface area (Å²) >= 11 is 0. The summed E-state index contributed by atoms with van der Waals surface area (Å²) in [6.45, 7) is 3.65. The van der Waals surface area contributed by atoms with Gasteiger partial charge >= 0.3 is 19.8 Å². The molecule has 282 valence electrons. The lowest BCUT2D eigenvalue weighted by atomic mass is 10.1. The Bertz CT molecular complexity index is 838. The molecule has 9 heteroatoms. The smallest absolute Gasteiger partial charge is 0.462 e. The quantitative estimate of drug-likeness (QED) is 0.0287. The number of hydrogen-bond donors (Lipinski definition) is 2. The molecule has 0 amide bonds. The molecule has 0 aromatic heterocycles. The Balaban J connectivity index is 3.95. The molecule has 0 aliphatic heterocycles. The van der Waals surface area contributed by atoms with E-state index in [1.54, 1.807) is 0 Å². The van der Waals surface area contributed by atoms with Crippen LogP contribution in [0.15, 0.2) is 24.3 Å². The molecule has 0 unspecified atom stereocenters. The van der Waals surface area contributed by atoms with Crippen molar-refractivity contribution < 1.29 is 37.9 Å². The van der Waals surface area contributed by atoms with Crippen molar-refractivity contribution in [2.75, 3.05) is 13.2 Å². The van der Waals surface area contributed by atoms with Crippen molar-refractivity contribution in [2.45, 2.75) is 200 Å². The monoisotopic (exact) mass is 701 g/mol. The highest BCUT2D eigenvalue weighted by molar-refractivity contribution is 7.46. The number of unbranched alkanes of at least 4 members (excludes halogenated alkanes) is 22. The predicted octanol–water partition coefficient (Wildman–Crippen LogP) is 11.6. The summed E-state index contributed by atoms with van der Waals surface area (Å²) in [5.74, 6) is -0.905. The largest absolute Gasteiger partial charge is 0.469 e. The van der Waals surface area contributed by atoms with Gasteiger partial charge in [0.15, 0.2) is 6.10 Å². The molecular weight excluding hydrogens is 627 g/mol. The third kappa shape index (κ3) is 37.4. The highest BCUT2D eigenvalue weighted by Crippen LogP contribution is 2.36. The van der Waals surface area contributed by atoms with Crippen molar-refractivity contribution in [3.8, 4) is 0 Å². The number of phosphoric acid groups is 1. The highest BCUT2D eigenvalue weighted by atomic mass is 31.2. The van der Waals surface area contributed by atoms with Crippen LogP contribution in [-0.2, 0) is 28.2 Å². The number of esters is 2. The minimum Gasteiger partial charge on any atom is -0.462 e. The first-order chi connectivity index (χ1) is 23.3. The van der Waals surface area contributed by atoms with Gasteiger partial charge in [0.25, 0.3) is 0 Å². The number of hydrogen-bond acceptors (Lipinski definition) is 6. The summed E-state index contributed by atoms with van der Waals surface area (Å²) in [6, 6.07) is 0. The summed E-state index contributed by atoms with van der Waals surface area (Å²) < 4.78 is 26.3. The third-order valence-electron chi connectivity index (χ3n) is 8.44. The van der Waals surface area contributed by atoms with Crippen LogP contribution >= 0.6 is 7.82 Å². The predicted molar refractivity (Wildman–Crippen MR) is 198 cm³/mol. The standard InChI is InChI=1S/C39H73O8P/c1-3-5-7-9-11-13-15-17-18-19-20-22-23-25-27-29-31-33-38(40)45-35-37(36-46-48(42,43)44)47-39(41)34-32-30-28-26-24-21-16-14-12-10-8-6-4-2/h17-18,21,24,37H,3-16,19-20,22-23,25-36H2,1-2H3,(H2,42,43,44)/b18-17+,24-21+/t37-/m1/s1. The van der Waals surface area contributed by atoms with E-state index in [9.17, 15) is 14.2 Å². The lowest BCUT2D eigenvalue weighted by Gasteiger charge is -2.18. The molecule has 0 bridgehead atoms. The Morgan fingerprint density at radius 1 is 0.521 bits per heavy atom. The highest BCUT2D eigenvalue weighted by Gasteiger charge is 2.22. The van der Waals surface area contributed by atoms with Crippen LogP contribution in [0.1, 0.15) is 194 Å². The van der Waals surface area contributed by atoms with Gasteiger partial charge in [0.05, 0.1) is 6.61 Å². The van der Waals surface area contributed by atoms with E-state index in [0.29, 0.717) is 6.42 Å². The van der Waals surface area contributed by atoms with Crippen LogP contribution in [0.25, 0.3) is 0 Å². The van der Waals surface area contributed by atoms with Gasteiger partial charge in [0.1, 0.15) is 6.61 Å². The Labute approximate surface area is 294 Å². The van der Waals surface area contributed by atoms with Gasteiger partial charge in [-0.2, -0.15) is 0 Å². The van der Waals surface area contributed by atoms with Crippen LogP contribution in [-0.4, -0.2) is 41.0 Å². The van der Waals surface area contributed by atoms with Gasteiger partial charge in [-0.05, 0) is 64.2 Å². The van der Waals surface area contributed by atoms with Gasteiger partial charge in [-0.25, -0.2) is 4.57 Å². The van der Waals surface area contributed by atoms with Crippen molar-refractivity contribution in [2.24, 2.45) is 0 Å². The second kappa shape index (κ2) is 35.4. The molecule has 48 heavy (non-hydrogen) atoms. The first-order valence-electron chi connectivity index (χ1n) is 19.6. The first kappa shape index (κ1) is 46.5. The fraction of sp³-hybridized carbons (Fsp3) is 0.846. The van der Waals surface area contributed by atoms with E-state index >= 15 is 0 Å². The summed E-state index contributed by atoms with van der Waals surface area (Å²) in [6.07, 6.45) is 39.0. The van der Waals surface area contributed by atoms with E-state index in [-0.39, 0.29) is 19.4 Å². The maximum absolute atomic E-state index is 12.3. The van der Waals surface area contributed by atoms with Crippen LogP contribution in [0.5, 0.6) is 0 Å². The minimum atomic E-state index is -4.75. The topological polar surface area (TPSA) is 119 Å². The molecule has 0 aromatic carbocycles. The lowest BCUT2D eigenvalue weighted by molar-refractivity contribution is -0.161. The number of carbonyl (C=O) groups is 2. The normalized spacial score (nSPS) is 12.7. The van der Waals surface area contributed by atoms with Gasteiger partial charge in [-0.15, -0.1) is 0 Å². The number of allylic oxidation sites excluding steroid dienone is 4. The summed E-state index contributed by atoms with van der Waals surface area (Å²) in [5, 5.41) is 0. The van der Waals surface area contributed by atoms with Crippen molar-refractivity contribution >= 4 is 19.8 Å². The molecule has 0 aliphatic carbocycles. The van der Waals surface area contributed by atoms with Crippen LogP contribution < -0.4 is 0 Å². The van der Waals surface area contributed by atoms with Crippen molar-refractivity contribution in [1.29, 1.82) is 0 Å². The van der Waals surface area contributed by atoms with E-state index in [1.807, 2.05) is 0 Å². The van der Waals surface area contributed by atoms with E-state index in [4.69, 9.17) is 19.3 Å². The summed E-state index contributed by atoms with van der Waals surface area (Å²) in [7, 11) is -4.75. The zero-order chi connectivity index (χ0) is 35.4. The zero-order valence-electron chi connectivity index (χ0n) is 30.9. The molecule has 1 atom stereocenters. The Kier molecular flexibility index (Phi) is 34.3. The summed E-state index contributed by atoms with van der Waals surface area (Å²) in [4.78, 5) is 42.7. The van der Waals surface area contributed by atoms with E-state index in [2.05, 4.69) is 42.7 Å². The van der Waals surface area contributed by atoms with Crippen LogP contribution in [0.2, 0.25) is 0 Å². The van der Waals surface area contributed by atoms with Gasteiger partial charge in [0, 0.05) is 12.8 Å². The Morgan fingerprint density at radius 3 is 1.29 bits per heavy atom. The fourth-order valence-electron chi connectivity index (χ4n) is 5.48. The third-order valence-corrected chi connectivity index (χ3v) is 8.93. The molecule has 2 N–H and O–H groups in total. The summed E-state index contributed by atoms with van der Waals surface area (Å²) in [5.41, 5.74) is 0. The van der Waals surface area contributed by atoms with E-state index < -0.39 is 32.5 Å². The van der Waals surface area contributed by atoms with Crippen LogP contribution in [0, 0.1) is 0 Å². The van der Waals surface area contributed by atoms with E-state index in [1.165, 1.54) is 103 Å². The SMILES string of the molecule is CCCCCCCC/C=C/CCCCCCCCCC(=O)OC[C@H](COP(=O)(O)O)OC(=O)CCCCC/C=C/CCCCCCCC. The maximum Gasteiger partial charge on any atom is 0.469 e.